The fourth-order valence-corrected chi connectivity index (χ4v) is 4.94. The lowest BCUT2D eigenvalue weighted by molar-refractivity contribution is 0.260. The van der Waals surface area contributed by atoms with E-state index in [9.17, 15) is 11.0 Å². The van der Waals surface area contributed by atoms with Crippen molar-refractivity contribution >= 4 is 33.9 Å². The largest absolute Gasteiger partial charge is 0.377 e. The van der Waals surface area contributed by atoms with Gasteiger partial charge in [-0.05, 0) is 55.2 Å². The Morgan fingerprint density at radius 3 is 2.62 bits per heavy atom. The number of nitrogens with one attached hydrogen (secondary N) is 4. The molecule has 0 amide bonds. The summed E-state index contributed by atoms with van der Waals surface area (Å²) in [7, 11) is 0. The summed E-state index contributed by atoms with van der Waals surface area (Å²) in [6.07, 6.45) is 5.52. The summed E-state index contributed by atoms with van der Waals surface area (Å²) in [5.41, 5.74) is 10.4. The zero-order valence-corrected chi connectivity index (χ0v) is 21.9. The lowest BCUT2D eigenvalue weighted by atomic mass is 10.0. The number of hydrogen-bond donors (Lipinski definition) is 4. The lowest BCUT2D eigenvalue weighted by Crippen LogP contribution is -2.38. The third-order valence-corrected chi connectivity index (χ3v) is 7.19. The first-order valence-corrected chi connectivity index (χ1v) is 13.1. The van der Waals surface area contributed by atoms with Crippen molar-refractivity contribution in [2.24, 2.45) is 0 Å². The highest BCUT2D eigenvalue weighted by Gasteiger charge is 2.32. The molecule has 3 aromatic carbocycles. The molecule has 1 aliphatic carbocycles. The molecule has 2 atom stereocenters. The predicted octanol–water partition coefficient (Wildman–Crippen LogP) is 6.55. The minimum Gasteiger partial charge on any atom is -0.377 e. The van der Waals surface area contributed by atoms with Crippen LogP contribution in [0.3, 0.4) is 0 Å². The van der Waals surface area contributed by atoms with Crippen molar-refractivity contribution < 1.29 is 5.76 Å². The summed E-state index contributed by atoms with van der Waals surface area (Å²) in [5, 5.41) is 19.7. The van der Waals surface area contributed by atoms with E-state index in [0.29, 0.717) is 50.2 Å². The van der Waals surface area contributed by atoms with Crippen LogP contribution >= 0.6 is 11.6 Å². The van der Waals surface area contributed by atoms with Crippen LogP contribution in [0, 0.1) is 17.1 Å². The molecular formula is C30H27ClFN7. The van der Waals surface area contributed by atoms with Crippen molar-refractivity contribution in [3.8, 4) is 6.07 Å². The molecule has 7 nitrogen and oxygen atoms in total. The van der Waals surface area contributed by atoms with Crippen molar-refractivity contribution in [2.45, 2.75) is 37.9 Å². The van der Waals surface area contributed by atoms with Crippen molar-refractivity contribution in [2.75, 3.05) is 10.6 Å². The number of pyridine rings is 1. The van der Waals surface area contributed by atoms with Crippen LogP contribution in [0.5, 0.6) is 0 Å². The van der Waals surface area contributed by atoms with Gasteiger partial charge in [-0.25, -0.2) is 4.39 Å². The Balaban J connectivity index is 1.43. The van der Waals surface area contributed by atoms with Gasteiger partial charge in [0.05, 0.1) is 34.9 Å². The number of halogens is 2. The maximum atomic E-state index is 13.8. The second-order valence-electron chi connectivity index (χ2n) is 9.71. The van der Waals surface area contributed by atoms with Crippen LogP contribution in [-0.2, 0) is 0 Å². The number of rotatable bonds is 8. The van der Waals surface area contributed by atoms with Gasteiger partial charge >= 0.3 is 0 Å². The van der Waals surface area contributed by atoms with E-state index in [1.165, 1.54) is 18.3 Å². The first kappa shape index (κ1) is 23.8. The normalized spacial score (nSPS) is 17.4. The Morgan fingerprint density at radius 2 is 1.90 bits per heavy atom. The third-order valence-electron chi connectivity index (χ3n) is 6.91. The Morgan fingerprint density at radius 1 is 1.13 bits per heavy atom. The lowest BCUT2D eigenvalue weighted by Gasteiger charge is -2.23. The molecule has 4 N–H and O–H groups in total. The Bertz CT molecular complexity index is 1640. The first-order chi connectivity index (χ1) is 19.4. The second-order valence-corrected chi connectivity index (χ2v) is 10.1. The van der Waals surface area contributed by atoms with Crippen LogP contribution < -0.4 is 21.6 Å². The summed E-state index contributed by atoms with van der Waals surface area (Å²) in [4.78, 5) is 4.46. The third kappa shape index (κ3) is 5.19. The van der Waals surface area contributed by atoms with Crippen LogP contribution in [0.15, 0.2) is 84.8 Å². The molecule has 9 heteroatoms. The molecule has 39 heavy (non-hydrogen) atoms. The van der Waals surface area contributed by atoms with Gasteiger partial charge in [0, 0.05) is 35.6 Å². The maximum Gasteiger partial charge on any atom is 0.123 e. The highest BCUT2D eigenvalue weighted by molar-refractivity contribution is 6.35. The topological polar surface area (TPSA) is 88.0 Å². The van der Waals surface area contributed by atoms with Gasteiger partial charge in [-0.3, -0.25) is 9.99 Å². The molecule has 6 rings (SSSR count). The molecule has 2 heterocycles. The van der Waals surface area contributed by atoms with E-state index in [1.807, 2.05) is 54.5 Å². The predicted molar refractivity (Wildman–Crippen MR) is 152 cm³/mol. The van der Waals surface area contributed by atoms with Gasteiger partial charge in [0.15, 0.2) is 0 Å². The summed E-state index contributed by atoms with van der Waals surface area (Å²) < 4.78 is 23.4. The van der Waals surface area contributed by atoms with E-state index in [0.717, 1.165) is 18.4 Å². The molecule has 0 unspecified atom stereocenters. The summed E-state index contributed by atoms with van der Waals surface area (Å²) >= 11 is 6.74. The van der Waals surface area contributed by atoms with Crippen molar-refractivity contribution in [3.63, 3.8) is 0 Å². The summed E-state index contributed by atoms with van der Waals surface area (Å²) in [6.45, 7) is 2.02. The minimum absolute atomic E-state index is 0.101. The van der Waals surface area contributed by atoms with E-state index in [2.05, 4.69) is 32.6 Å². The van der Waals surface area contributed by atoms with E-state index in [-0.39, 0.29) is 11.9 Å². The number of aromatic nitrogens is 1. The monoisotopic (exact) mass is 540 g/mol. The summed E-state index contributed by atoms with van der Waals surface area (Å²) in [5.74, 6) is -0.385. The number of hydrazine groups is 2. The van der Waals surface area contributed by atoms with Gasteiger partial charge in [0.1, 0.15) is 11.9 Å². The number of anilines is 2. The molecule has 1 aromatic heterocycles. The van der Waals surface area contributed by atoms with Gasteiger partial charge in [0.25, 0.3) is 0 Å². The smallest absolute Gasteiger partial charge is 0.123 e. The number of nitrogens with zero attached hydrogens (tertiary/aromatic N) is 3. The van der Waals surface area contributed by atoms with Crippen molar-refractivity contribution in [3.05, 3.63) is 112 Å². The number of hydrogen-bond acceptors (Lipinski definition) is 7. The second kappa shape index (κ2) is 10.4. The number of benzene rings is 3. The molecule has 0 saturated heterocycles. The average Bonchev–Trinajstić information content (AvgIpc) is 3.69. The fourth-order valence-electron chi connectivity index (χ4n) is 4.67. The molecule has 1 saturated carbocycles. The Hall–Kier alpha value is -4.32. The molecule has 0 bridgehead atoms. The van der Waals surface area contributed by atoms with E-state index >= 15 is 0 Å². The molecular weight excluding hydrogens is 513 g/mol. The van der Waals surface area contributed by atoms with Crippen LogP contribution in [0.2, 0.25) is 5.02 Å². The quantitative estimate of drug-likeness (QED) is 0.201. The number of fused-ring (bicyclic) bond motifs is 1. The van der Waals surface area contributed by atoms with Crippen LogP contribution in [-0.4, -0.2) is 16.0 Å². The molecule has 1 aliphatic heterocycles. The average molecular weight is 541 g/mol. The molecule has 196 valence electrons. The zero-order chi connectivity index (χ0) is 27.9. The highest BCUT2D eigenvalue weighted by Crippen LogP contribution is 2.37. The molecule has 0 spiro atoms. The summed E-state index contributed by atoms with van der Waals surface area (Å²) in [6, 6.07) is 20.3. The van der Waals surface area contributed by atoms with Crippen LogP contribution in [0.4, 0.5) is 15.8 Å². The van der Waals surface area contributed by atoms with Crippen LogP contribution in [0.25, 0.3) is 10.9 Å². The van der Waals surface area contributed by atoms with E-state index in [4.69, 9.17) is 11.6 Å². The van der Waals surface area contributed by atoms with Gasteiger partial charge < -0.3 is 16.1 Å². The molecule has 0 radical (unpaired) electrons. The van der Waals surface area contributed by atoms with Crippen molar-refractivity contribution in [1.82, 2.24) is 21.0 Å². The van der Waals surface area contributed by atoms with E-state index in [1.54, 1.807) is 18.2 Å². The fraction of sp³-hybridized carbons (Fsp3) is 0.200. The maximum absolute atomic E-state index is 13.8. The van der Waals surface area contributed by atoms with Gasteiger partial charge in [-0.15, -0.1) is 5.53 Å². The highest BCUT2D eigenvalue weighted by atomic mass is 35.5. The molecule has 4 aromatic rings. The Kier molecular flexibility index (Phi) is 6.37. The zero-order valence-electron chi connectivity index (χ0n) is 22.2. The number of nitriles is 1. The van der Waals surface area contributed by atoms with E-state index < -0.39 is 6.02 Å². The van der Waals surface area contributed by atoms with Gasteiger partial charge in [0.2, 0.25) is 0 Å². The van der Waals surface area contributed by atoms with Crippen LogP contribution in [0.1, 0.15) is 49.9 Å². The van der Waals surface area contributed by atoms with Gasteiger partial charge in [-0.2, -0.15) is 5.26 Å². The van der Waals surface area contributed by atoms with Gasteiger partial charge in [-0.1, -0.05) is 54.1 Å². The Labute approximate surface area is 232 Å². The SMILES string of the molecule is [2H][C@](Nc1cc(Cl)c2ncc(C#N)c(N[C@H](C)c3ccccc3)c2c1)(C1=CN(C2CC2)NN1)c1ccc(F)cc1. The van der Waals surface area contributed by atoms with Crippen molar-refractivity contribution in [1.29, 1.82) is 5.26 Å². The minimum atomic E-state index is -1.52. The molecule has 2 aliphatic rings. The standard InChI is InChI=1S/C30H27ClFN7/c1-18(19-5-3-2-4-6-19)35-28-21(15-33)16-34-30-25(28)13-23(14-26(30)31)36-29(20-7-9-22(32)10-8-20)27-17-39(38-37-27)24-11-12-24/h2-10,13-14,16-18,24,29,36-38H,11-12H2,1H3,(H,34,35)/t18-,29-/m1/s1/i29D. The first-order valence-electron chi connectivity index (χ1n) is 13.3. The molecule has 1 fully saturated rings.